The molecule has 2 aliphatic heterocycles. The van der Waals surface area contributed by atoms with Gasteiger partial charge in [-0.1, -0.05) is 0 Å². The Balaban J connectivity index is 1.64. The minimum atomic E-state index is -3.19. The van der Waals surface area contributed by atoms with E-state index in [0.717, 1.165) is 31.1 Å². The fourth-order valence-electron chi connectivity index (χ4n) is 4.35. The number of nitrogens with two attached hydrogens (primary N) is 1. The normalized spacial score (nSPS) is 26.8. The van der Waals surface area contributed by atoms with E-state index in [-0.39, 0.29) is 18.1 Å². The van der Waals surface area contributed by atoms with Crippen LogP contribution in [-0.2, 0) is 10.0 Å². The average molecular weight is 363 g/mol. The van der Waals surface area contributed by atoms with Crippen LogP contribution in [0.25, 0.3) is 11.0 Å². The molecule has 4 rings (SSSR count). The molecule has 2 unspecified atom stereocenters. The van der Waals surface area contributed by atoms with Gasteiger partial charge in [-0.05, 0) is 31.7 Å². The molecular formula is C16H21N5O3S. The maximum Gasteiger partial charge on any atom is 0.252 e. The average Bonchev–Trinajstić information content (AvgIpc) is 3.10. The Labute approximate surface area is 145 Å². The zero-order valence-corrected chi connectivity index (χ0v) is 14.7. The topological polar surface area (TPSA) is 121 Å². The van der Waals surface area contributed by atoms with Gasteiger partial charge in [-0.2, -0.15) is 4.31 Å². The van der Waals surface area contributed by atoms with E-state index in [1.807, 2.05) is 6.07 Å². The lowest BCUT2D eigenvalue weighted by Gasteiger charge is -2.38. The monoisotopic (exact) mass is 363 g/mol. The predicted octanol–water partition coefficient (Wildman–Crippen LogP) is 1.03. The van der Waals surface area contributed by atoms with Crippen LogP contribution in [0.5, 0.6) is 0 Å². The summed E-state index contributed by atoms with van der Waals surface area (Å²) >= 11 is 0. The summed E-state index contributed by atoms with van der Waals surface area (Å²) in [6.07, 6.45) is 7.73. The number of aromatic nitrogens is 2. The first-order valence-electron chi connectivity index (χ1n) is 8.35. The lowest BCUT2D eigenvalue weighted by Crippen LogP contribution is -2.49. The molecule has 2 aliphatic rings. The van der Waals surface area contributed by atoms with Gasteiger partial charge in [-0.3, -0.25) is 4.79 Å². The van der Waals surface area contributed by atoms with Crippen LogP contribution in [0.15, 0.2) is 18.5 Å². The van der Waals surface area contributed by atoms with Crippen LogP contribution in [-0.4, -0.2) is 53.0 Å². The number of sulfonamides is 1. The van der Waals surface area contributed by atoms with E-state index in [1.165, 1.54) is 12.5 Å². The van der Waals surface area contributed by atoms with E-state index in [4.69, 9.17) is 5.73 Å². The zero-order valence-electron chi connectivity index (χ0n) is 13.9. The number of amides is 1. The molecule has 2 aromatic heterocycles. The molecule has 2 fully saturated rings. The third-order valence-corrected chi connectivity index (χ3v) is 6.61. The molecule has 2 aromatic rings. The van der Waals surface area contributed by atoms with Crippen molar-refractivity contribution in [3.63, 3.8) is 0 Å². The quantitative estimate of drug-likeness (QED) is 0.749. The second kappa shape index (κ2) is 5.70. The van der Waals surface area contributed by atoms with Crippen molar-refractivity contribution in [2.24, 2.45) is 5.73 Å². The summed E-state index contributed by atoms with van der Waals surface area (Å²) in [5, 5.41) is 4.26. The second-order valence-electron chi connectivity index (χ2n) is 6.94. The summed E-state index contributed by atoms with van der Waals surface area (Å²) < 4.78 is 25.7. The number of H-pyrrole nitrogens is 1. The molecule has 2 atom stereocenters. The van der Waals surface area contributed by atoms with Crippen molar-refractivity contribution in [1.29, 1.82) is 0 Å². The summed E-state index contributed by atoms with van der Waals surface area (Å²) in [6.45, 7) is 0. The molecule has 25 heavy (non-hydrogen) atoms. The fourth-order valence-corrected chi connectivity index (χ4v) is 5.81. The van der Waals surface area contributed by atoms with Crippen molar-refractivity contribution in [1.82, 2.24) is 14.3 Å². The van der Waals surface area contributed by atoms with Gasteiger partial charge in [-0.15, -0.1) is 0 Å². The number of carbonyl (C=O) groups excluding carboxylic acids is 1. The zero-order chi connectivity index (χ0) is 17.8. The van der Waals surface area contributed by atoms with Gasteiger partial charge in [0.1, 0.15) is 5.65 Å². The van der Waals surface area contributed by atoms with E-state index in [2.05, 4.69) is 15.3 Å². The number of piperidine rings is 1. The Morgan fingerprint density at radius 1 is 1.36 bits per heavy atom. The highest BCUT2D eigenvalue weighted by Crippen LogP contribution is 2.39. The molecule has 2 bridgehead atoms. The van der Waals surface area contributed by atoms with Crippen molar-refractivity contribution < 1.29 is 13.2 Å². The molecular weight excluding hydrogens is 342 g/mol. The number of fused-ring (bicyclic) bond motifs is 3. The third kappa shape index (κ3) is 2.77. The molecule has 1 amide bonds. The molecule has 4 N–H and O–H groups in total. The molecule has 9 heteroatoms. The van der Waals surface area contributed by atoms with Gasteiger partial charge in [-0.25, -0.2) is 13.4 Å². The SMILES string of the molecule is CS(=O)(=O)N1C2CCC1CC(Nc1c(C(N)=O)cnc3[nH]ccc13)C2. The van der Waals surface area contributed by atoms with Crippen LogP contribution >= 0.6 is 0 Å². The molecule has 0 radical (unpaired) electrons. The summed E-state index contributed by atoms with van der Waals surface area (Å²) in [4.78, 5) is 19.0. The van der Waals surface area contributed by atoms with E-state index < -0.39 is 15.9 Å². The first kappa shape index (κ1) is 16.3. The van der Waals surface area contributed by atoms with Gasteiger partial charge in [0.25, 0.3) is 5.91 Å². The molecule has 4 heterocycles. The maximum atomic E-state index is 12.0. The van der Waals surface area contributed by atoms with Gasteiger partial charge in [0.2, 0.25) is 10.0 Å². The number of aromatic amines is 1. The van der Waals surface area contributed by atoms with Crippen LogP contribution in [0.2, 0.25) is 0 Å². The predicted molar refractivity (Wildman–Crippen MR) is 94.7 cm³/mol. The van der Waals surface area contributed by atoms with Crippen LogP contribution < -0.4 is 11.1 Å². The number of anilines is 1. The number of hydrogen-bond donors (Lipinski definition) is 3. The van der Waals surface area contributed by atoms with E-state index in [1.54, 1.807) is 10.5 Å². The minimum absolute atomic E-state index is 0.0202. The summed E-state index contributed by atoms with van der Waals surface area (Å²) in [5.41, 5.74) is 7.22. The highest BCUT2D eigenvalue weighted by molar-refractivity contribution is 7.88. The molecule has 8 nitrogen and oxygen atoms in total. The Morgan fingerprint density at radius 2 is 2.04 bits per heavy atom. The largest absolute Gasteiger partial charge is 0.381 e. The number of nitrogens with zero attached hydrogens (tertiary/aromatic N) is 2. The van der Waals surface area contributed by atoms with Crippen molar-refractivity contribution in [3.8, 4) is 0 Å². The van der Waals surface area contributed by atoms with Crippen LogP contribution in [0.1, 0.15) is 36.0 Å². The highest BCUT2D eigenvalue weighted by Gasteiger charge is 2.45. The molecule has 134 valence electrons. The van der Waals surface area contributed by atoms with Gasteiger partial charge < -0.3 is 16.0 Å². The van der Waals surface area contributed by atoms with Crippen LogP contribution in [0, 0.1) is 0 Å². The standard InChI is InChI=1S/C16H21N5O3S/c1-25(23,24)21-10-2-3-11(21)7-9(6-10)20-14-12-4-5-18-16(12)19-8-13(14)15(17)22/h4-5,8-11H,2-3,6-7H2,1H3,(H2,17,22)(H2,18,19,20). The Bertz CT molecular complexity index is 924. The number of nitrogens with one attached hydrogen (secondary N) is 2. The van der Waals surface area contributed by atoms with Gasteiger partial charge >= 0.3 is 0 Å². The first-order chi connectivity index (χ1) is 11.8. The van der Waals surface area contributed by atoms with E-state index >= 15 is 0 Å². The van der Waals surface area contributed by atoms with Gasteiger partial charge in [0, 0.05) is 35.9 Å². The number of rotatable bonds is 4. The number of carbonyl (C=O) groups is 1. The Hall–Kier alpha value is -2.13. The van der Waals surface area contributed by atoms with Gasteiger partial charge in [0.15, 0.2) is 0 Å². The second-order valence-corrected chi connectivity index (χ2v) is 8.83. The Kier molecular flexibility index (Phi) is 3.73. The molecule has 2 saturated heterocycles. The molecule has 0 aromatic carbocycles. The third-order valence-electron chi connectivity index (χ3n) is 5.25. The number of primary amides is 1. The lowest BCUT2D eigenvalue weighted by atomic mass is 9.98. The summed E-state index contributed by atoms with van der Waals surface area (Å²) in [5.74, 6) is -0.533. The lowest BCUT2D eigenvalue weighted by molar-refractivity contribution is 0.100. The molecule has 0 aliphatic carbocycles. The first-order valence-corrected chi connectivity index (χ1v) is 10.2. The van der Waals surface area contributed by atoms with E-state index in [0.29, 0.717) is 16.9 Å². The highest BCUT2D eigenvalue weighted by atomic mass is 32.2. The van der Waals surface area contributed by atoms with Crippen molar-refractivity contribution >= 4 is 32.7 Å². The van der Waals surface area contributed by atoms with Gasteiger partial charge in [0.05, 0.1) is 17.5 Å². The number of pyridine rings is 1. The maximum absolute atomic E-state index is 12.0. The molecule has 0 saturated carbocycles. The van der Waals surface area contributed by atoms with Crippen molar-refractivity contribution in [2.75, 3.05) is 11.6 Å². The molecule has 0 spiro atoms. The van der Waals surface area contributed by atoms with Crippen LogP contribution in [0.3, 0.4) is 0 Å². The summed E-state index contributed by atoms with van der Waals surface area (Å²) in [7, 11) is -3.19. The van der Waals surface area contributed by atoms with Crippen molar-refractivity contribution in [2.45, 2.75) is 43.8 Å². The van der Waals surface area contributed by atoms with Crippen molar-refractivity contribution in [3.05, 3.63) is 24.0 Å². The fraction of sp³-hybridized carbons (Fsp3) is 0.500. The minimum Gasteiger partial charge on any atom is -0.381 e. The smallest absolute Gasteiger partial charge is 0.252 e. The number of hydrogen-bond acceptors (Lipinski definition) is 5. The van der Waals surface area contributed by atoms with Crippen LogP contribution in [0.4, 0.5) is 5.69 Å². The Morgan fingerprint density at radius 3 is 2.64 bits per heavy atom. The summed E-state index contributed by atoms with van der Waals surface area (Å²) in [6, 6.07) is 1.99. The van der Waals surface area contributed by atoms with E-state index in [9.17, 15) is 13.2 Å².